The minimum atomic E-state index is -5.02. The Morgan fingerprint density at radius 3 is 2.24 bits per heavy atom. The Morgan fingerprint density at radius 1 is 1.05 bits per heavy atom. The van der Waals surface area contributed by atoms with Crippen molar-refractivity contribution in [3.8, 4) is 5.75 Å². The molecule has 0 radical (unpaired) electrons. The molecule has 42 heavy (non-hydrogen) atoms. The molecule has 226 valence electrons. The fraction of sp³-hybridized carbons (Fsp3) is 0.308. The molecule has 1 atom stereocenters. The molecule has 1 aromatic heterocycles. The van der Waals surface area contributed by atoms with Gasteiger partial charge in [-0.3, -0.25) is 9.10 Å². The van der Waals surface area contributed by atoms with Gasteiger partial charge in [0.25, 0.3) is 15.9 Å². The van der Waals surface area contributed by atoms with Gasteiger partial charge in [-0.25, -0.2) is 13.4 Å². The van der Waals surface area contributed by atoms with Crippen molar-refractivity contribution in [2.45, 2.75) is 43.4 Å². The van der Waals surface area contributed by atoms with Gasteiger partial charge in [-0.15, -0.1) is 13.2 Å². The van der Waals surface area contributed by atoms with E-state index in [0.29, 0.717) is 6.07 Å². The summed E-state index contributed by atoms with van der Waals surface area (Å²) < 4.78 is 110. The number of fused-ring (bicyclic) bond motifs is 2. The lowest BCUT2D eigenvalue weighted by molar-refractivity contribution is -0.274. The van der Waals surface area contributed by atoms with Crippen molar-refractivity contribution in [2.24, 2.45) is 5.92 Å². The number of anilines is 3. The quantitative estimate of drug-likeness (QED) is 0.331. The molecule has 2 heterocycles. The number of sulfonamides is 1. The van der Waals surface area contributed by atoms with E-state index >= 15 is 0 Å². The van der Waals surface area contributed by atoms with Crippen LogP contribution in [0.2, 0.25) is 0 Å². The van der Waals surface area contributed by atoms with E-state index in [1.54, 1.807) is 13.8 Å². The maximum Gasteiger partial charge on any atom is 0.573 e. The van der Waals surface area contributed by atoms with E-state index in [0.717, 1.165) is 34.6 Å². The van der Waals surface area contributed by atoms with Gasteiger partial charge in [-0.2, -0.15) is 13.2 Å². The number of nitrogens with zero attached hydrogens (tertiary/aromatic N) is 2. The Labute approximate surface area is 236 Å². The van der Waals surface area contributed by atoms with Crippen LogP contribution in [0.1, 0.15) is 30.7 Å². The summed E-state index contributed by atoms with van der Waals surface area (Å²) in [5.41, 5.74) is -3.58. The number of benzene rings is 2. The van der Waals surface area contributed by atoms with Crippen LogP contribution in [0.4, 0.5) is 43.5 Å². The Morgan fingerprint density at radius 2 is 1.69 bits per heavy atom. The second-order valence-electron chi connectivity index (χ2n) is 9.59. The van der Waals surface area contributed by atoms with Crippen molar-refractivity contribution in [3.63, 3.8) is 0 Å². The van der Waals surface area contributed by atoms with E-state index in [9.17, 15) is 44.7 Å². The Hall–Kier alpha value is -4.05. The molecule has 0 fully saturated rings. The lowest BCUT2D eigenvalue weighted by atomic mass is 9.82. The van der Waals surface area contributed by atoms with Crippen LogP contribution >= 0.6 is 0 Å². The highest BCUT2D eigenvalue weighted by molar-refractivity contribution is 7.92. The van der Waals surface area contributed by atoms with Crippen LogP contribution in [-0.4, -0.2) is 37.8 Å². The molecule has 1 amide bonds. The number of alkyl halides is 6. The number of halogens is 6. The molecular weight excluding hydrogens is 594 g/mol. The van der Waals surface area contributed by atoms with Gasteiger partial charge in [-0.05, 0) is 53.9 Å². The molecule has 1 aliphatic heterocycles. The van der Waals surface area contributed by atoms with E-state index in [1.807, 2.05) is 0 Å². The van der Waals surface area contributed by atoms with Crippen molar-refractivity contribution in [1.29, 1.82) is 0 Å². The van der Waals surface area contributed by atoms with Crippen molar-refractivity contribution in [3.05, 3.63) is 71.4 Å². The smallest absolute Gasteiger partial charge is 0.406 e. The average Bonchev–Trinajstić information content (AvgIpc) is 3.07. The Bertz CT molecular complexity index is 1610. The normalized spacial score (nSPS) is 15.2. The van der Waals surface area contributed by atoms with E-state index in [4.69, 9.17) is 0 Å². The van der Waals surface area contributed by atoms with E-state index < -0.39 is 62.9 Å². The second-order valence-corrected chi connectivity index (χ2v) is 11.5. The summed E-state index contributed by atoms with van der Waals surface area (Å²) in [5.74, 6) is -2.48. The maximum absolute atomic E-state index is 13.9. The molecule has 0 saturated heterocycles. The van der Waals surface area contributed by atoms with Crippen LogP contribution in [0, 0.1) is 5.92 Å². The van der Waals surface area contributed by atoms with Gasteiger partial charge in [0.1, 0.15) is 17.3 Å². The number of rotatable bonds is 6. The van der Waals surface area contributed by atoms with E-state index in [-0.39, 0.29) is 28.3 Å². The van der Waals surface area contributed by atoms with Crippen LogP contribution in [0.3, 0.4) is 0 Å². The number of carbonyl (C=O) groups is 1. The summed E-state index contributed by atoms with van der Waals surface area (Å²) in [4.78, 5) is 15.9. The van der Waals surface area contributed by atoms with Crippen LogP contribution in [-0.2, 0) is 33.1 Å². The number of amides is 1. The minimum Gasteiger partial charge on any atom is -0.406 e. The molecule has 0 saturated carbocycles. The Kier molecular flexibility index (Phi) is 7.84. The lowest BCUT2D eigenvalue weighted by Crippen LogP contribution is -2.47. The number of carbonyl (C=O) groups excluding carboxylic acids is 1. The molecule has 0 bridgehead atoms. The summed E-state index contributed by atoms with van der Waals surface area (Å²) in [7, 11) is -3.33. The molecule has 4 rings (SSSR count). The molecule has 0 aliphatic carbocycles. The van der Waals surface area contributed by atoms with Gasteiger partial charge in [0.05, 0.1) is 22.8 Å². The number of ether oxygens (including phenoxy) is 1. The zero-order valence-corrected chi connectivity index (χ0v) is 22.9. The predicted molar refractivity (Wildman–Crippen MR) is 138 cm³/mol. The van der Waals surface area contributed by atoms with Crippen molar-refractivity contribution < 1.29 is 49.4 Å². The number of aliphatic hydroxyl groups is 1. The summed E-state index contributed by atoms with van der Waals surface area (Å²) in [6.45, 7) is 2.54. The van der Waals surface area contributed by atoms with Gasteiger partial charge >= 0.3 is 12.5 Å². The molecule has 1 unspecified atom stereocenters. The third-order valence-corrected chi connectivity index (χ3v) is 8.37. The Balaban J connectivity index is 1.91. The molecule has 3 aromatic rings. The number of likely N-dealkylation sites (N-methyl/N-ethyl adjacent to an activating group) is 1. The highest BCUT2D eigenvalue weighted by atomic mass is 32.2. The zero-order valence-electron chi connectivity index (χ0n) is 22.1. The minimum absolute atomic E-state index is 0.0265. The molecule has 1 aliphatic rings. The largest absolute Gasteiger partial charge is 0.573 e. The second kappa shape index (κ2) is 10.7. The highest BCUT2D eigenvalue weighted by Crippen LogP contribution is 2.43. The first-order valence-corrected chi connectivity index (χ1v) is 13.6. The predicted octanol–water partition coefficient (Wildman–Crippen LogP) is 5.04. The van der Waals surface area contributed by atoms with Crippen LogP contribution in [0.15, 0.2) is 59.5 Å². The first kappa shape index (κ1) is 30.9. The summed E-state index contributed by atoms with van der Waals surface area (Å²) in [6.07, 6.45) is -9.82. The highest BCUT2D eigenvalue weighted by Gasteiger charge is 2.42. The van der Waals surface area contributed by atoms with Crippen molar-refractivity contribution in [1.82, 2.24) is 10.3 Å². The molecule has 0 spiro atoms. The van der Waals surface area contributed by atoms with Crippen LogP contribution in [0.5, 0.6) is 5.75 Å². The molecule has 3 N–H and O–H groups in total. The topological polar surface area (TPSA) is 121 Å². The van der Waals surface area contributed by atoms with Gasteiger partial charge in [0.2, 0.25) is 0 Å². The SMILES string of the molecule is CNC(=O)C(O)(c1ccc2c(c1)N(S(=O)(=O)c1ccc(OC(F)(F)F)cc1)Cc1ccc(C(F)(F)F)nc1N2)C(C)C. The van der Waals surface area contributed by atoms with Gasteiger partial charge in [-0.1, -0.05) is 26.0 Å². The average molecular weight is 619 g/mol. The monoisotopic (exact) mass is 618 g/mol. The van der Waals surface area contributed by atoms with E-state index in [2.05, 4.69) is 20.4 Å². The number of hydrogen-bond donors (Lipinski definition) is 3. The van der Waals surface area contributed by atoms with Crippen LogP contribution < -0.4 is 19.7 Å². The van der Waals surface area contributed by atoms with Crippen molar-refractivity contribution in [2.75, 3.05) is 16.7 Å². The zero-order chi connectivity index (χ0) is 31.3. The number of aromatic nitrogens is 1. The van der Waals surface area contributed by atoms with Gasteiger partial charge in [0.15, 0.2) is 5.60 Å². The number of nitrogens with one attached hydrogen (secondary N) is 2. The van der Waals surface area contributed by atoms with Crippen molar-refractivity contribution >= 4 is 33.1 Å². The van der Waals surface area contributed by atoms with Gasteiger partial charge in [0, 0.05) is 12.6 Å². The molecule has 16 heteroatoms. The molecule has 2 aromatic carbocycles. The van der Waals surface area contributed by atoms with Gasteiger partial charge < -0.3 is 20.5 Å². The number of pyridine rings is 1. The van der Waals surface area contributed by atoms with E-state index in [1.165, 1.54) is 25.2 Å². The first-order valence-electron chi connectivity index (χ1n) is 12.2. The fourth-order valence-corrected chi connectivity index (χ4v) is 5.86. The third kappa shape index (κ3) is 5.81. The maximum atomic E-state index is 13.9. The summed E-state index contributed by atoms with van der Waals surface area (Å²) >= 11 is 0. The number of hydrogen-bond acceptors (Lipinski definition) is 7. The fourth-order valence-electron chi connectivity index (χ4n) is 4.40. The lowest BCUT2D eigenvalue weighted by Gasteiger charge is -2.32. The van der Waals surface area contributed by atoms with Crippen LogP contribution in [0.25, 0.3) is 0 Å². The summed E-state index contributed by atoms with van der Waals surface area (Å²) in [6, 6.07) is 8.85. The first-order chi connectivity index (χ1) is 19.4. The molecular formula is C26H24F6N4O5S. The standard InChI is InChI=1S/C26H24F6N4O5S/c1-14(2)24(38,23(37)33-3)16-5-10-19-20(12-16)36(13-15-4-11-21(25(27,28)29)35-22(15)34-19)42(39,40)18-8-6-17(7-9-18)41-26(30,31)32/h4-12,14,38H,13H2,1-3H3,(H,33,37)(H,34,35). The third-order valence-electron chi connectivity index (χ3n) is 6.60. The summed E-state index contributed by atoms with van der Waals surface area (Å²) in [5, 5.41) is 16.5. The molecule has 9 nitrogen and oxygen atoms in total.